The zero-order valence-electron chi connectivity index (χ0n) is 25.1. The van der Waals surface area contributed by atoms with Crippen LogP contribution < -0.4 is 5.32 Å². The molecule has 238 valence electrons. The van der Waals surface area contributed by atoms with Crippen molar-refractivity contribution in [2.24, 2.45) is 5.41 Å². The molecule has 1 aliphatic rings. The van der Waals surface area contributed by atoms with Crippen molar-refractivity contribution < 1.29 is 33.1 Å². The van der Waals surface area contributed by atoms with E-state index in [0.29, 0.717) is 48.0 Å². The van der Waals surface area contributed by atoms with Crippen LogP contribution in [0.4, 0.5) is 10.2 Å². The highest BCUT2D eigenvalue weighted by Gasteiger charge is 2.49. The van der Waals surface area contributed by atoms with Gasteiger partial charge in [-0.25, -0.2) is 9.37 Å². The van der Waals surface area contributed by atoms with Gasteiger partial charge in [0.05, 0.1) is 0 Å². The third-order valence-electron chi connectivity index (χ3n) is 8.12. The number of anilines is 1. The molecular formula is C35H30FN5O6. The minimum absolute atomic E-state index is 0.0413. The molecule has 47 heavy (non-hydrogen) atoms. The molecule has 0 bridgehead atoms. The summed E-state index contributed by atoms with van der Waals surface area (Å²) in [6, 6.07) is 26.5. The van der Waals surface area contributed by atoms with E-state index in [9.17, 15) is 23.9 Å². The lowest BCUT2D eigenvalue weighted by Crippen LogP contribution is -2.49. The number of rotatable bonds is 10. The van der Waals surface area contributed by atoms with E-state index in [1.165, 1.54) is 12.3 Å². The van der Waals surface area contributed by atoms with Crippen LogP contribution >= 0.6 is 0 Å². The molecule has 11 nitrogen and oxygen atoms in total. The summed E-state index contributed by atoms with van der Waals surface area (Å²) >= 11 is 0. The number of aliphatic carboxylic acids is 1. The molecule has 0 spiro atoms. The molecular weight excluding hydrogens is 605 g/mol. The van der Waals surface area contributed by atoms with Gasteiger partial charge in [0.25, 0.3) is 11.8 Å². The predicted molar refractivity (Wildman–Crippen MR) is 169 cm³/mol. The summed E-state index contributed by atoms with van der Waals surface area (Å²) in [6.45, 7) is 0.607. The monoisotopic (exact) mass is 635 g/mol. The van der Waals surface area contributed by atoms with Crippen molar-refractivity contribution in [3.8, 4) is 34.0 Å². The lowest BCUT2D eigenvalue weighted by molar-refractivity contribution is -0.173. The average Bonchev–Trinajstić information content (AvgIpc) is 3.59. The number of pyridine rings is 1. The summed E-state index contributed by atoms with van der Waals surface area (Å²) in [5, 5.41) is 16.5. The van der Waals surface area contributed by atoms with Gasteiger partial charge in [0.2, 0.25) is 5.82 Å². The number of esters is 1. The van der Waals surface area contributed by atoms with Crippen LogP contribution in [0.25, 0.3) is 34.0 Å². The van der Waals surface area contributed by atoms with Crippen LogP contribution in [-0.4, -0.2) is 62.7 Å². The van der Waals surface area contributed by atoms with Crippen LogP contribution in [0.15, 0.2) is 102 Å². The van der Waals surface area contributed by atoms with Crippen LogP contribution in [0.1, 0.15) is 18.4 Å². The highest BCUT2D eigenvalue weighted by atomic mass is 19.1. The number of nitrogens with zero attached hydrogens (tertiary/aromatic N) is 4. The highest BCUT2D eigenvalue weighted by Crippen LogP contribution is 2.34. The third kappa shape index (κ3) is 7.07. The zero-order chi connectivity index (χ0) is 32.8. The Morgan fingerprint density at radius 3 is 2.32 bits per heavy atom. The Morgan fingerprint density at radius 1 is 0.915 bits per heavy atom. The van der Waals surface area contributed by atoms with E-state index >= 15 is 0 Å². The van der Waals surface area contributed by atoms with E-state index in [1.807, 2.05) is 54.6 Å². The second kappa shape index (κ2) is 13.7. The number of hydrogen-bond acceptors (Lipinski definition) is 9. The number of hydrogen-bond donors (Lipinski definition) is 2. The minimum atomic E-state index is -1.73. The summed E-state index contributed by atoms with van der Waals surface area (Å²) in [5.41, 5.74) is 1.67. The summed E-state index contributed by atoms with van der Waals surface area (Å²) in [6.07, 6.45) is 1.59. The Hall–Kier alpha value is -5.75. The molecule has 0 saturated carbocycles. The number of nitrogens with one attached hydrogen (secondary N) is 1. The molecule has 0 atom stereocenters. The number of aromatic nitrogens is 3. The first-order chi connectivity index (χ1) is 22.8. The van der Waals surface area contributed by atoms with E-state index in [-0.39, 0.29) is 18.7 Å². The Morgan fingerprint density at radius 2 is 1.64 bits per heavy atom. The van der Waals surface area contributed by atoms with Crippen molar-refractivity contribution in [1.29, 1.82) is 0 Å². The molecule has 1 fully saturated rings. The maximum Gasteiger partial charge on any atom is 0.324 e. The number of carbonyl (C=O) groups excluding carboxylic acids is 2. The second-order valence-electron chi connectivity index (χ2n) is 11.2. The number of ether oxygens (including phenoxy) is 1. The number of piperidine rings is 1. The Balaban J connectivity index is 1.03. The predicted octanol–water partition coefficient (Wildman–Crippen LogP) is 5.45. The number of carboxylic acids is 1. The first-order valence-electron chi connectivity index (χ1n) is 14.9. The van der Waals surface area contributed by atoms with Crippen LogP contribution in [0, 0.1) is 11.2 Å². The molecule has 3 aromatic carbocycles. The number of amides is 1. The van der Waals surface area contributed by atoms with Gasteiger partial charge in [0.1, 0.15) is 11.6 Å². The van der Waals surface area contributed by atoms with E-state index in [4.69, 9.17) is 9.26 Å². The van der Waals surface area contributed by atoms with Crippen LogP contribution in [-0.2, 0) is 25.7 Å². The molecule has 12 heteroatoms. The Labute approximate surface area is 269 Å². The van der Waals surface area contributed by atoms with Gasteiger partial charge in [0, 0.05) is 42.5 Å². The molecule has 2 aromatic heterocycles. The number of carboxylic acid groups (broad SMARTS) is 1. The molecule has 1 saturated heterocycles. The topological polar surface area (TPSA) is 148 Å². The molecule has 1 amide bonds. The van der Waals surface area contributed by atoms with Crippen molar-refractivity contribution >= 4 is 23.7 Å². The maximum absolute atomic E-state index is 14.9. The summed E-state index contributed by atoms with van der Waals surface area (Å²) in [5.74, 6) is -2.35. The zero-order valence-corrected chi connectivity index (χ0v) is 25.1. The lowest BCUT2D eigenvalue weighted by Gasteiger charge is -2.37. The van der Waals surface area contributed by atoms with Gasteiger partial charge in [-0.2, -0.15) is 4.98 Å². The number of benzene rings is 3. The van der Waals surface area contributed by atoms with Gasteiger partial charge in [-0.3, -0.25) is 19.3 Å². The number of carbonyl (C=O) groups is 3. The normalized spacial score (nSPS) is 14.3. The molecule has 2 N–H and O–H groups in total. The maximum atomic E-state index is 14.9. The molecule has 6 rings (SSSR count). The lowest BCUT2D eigenvalue weighted by atomic mass is 9.78. The summed E-state index contributed by atoms with van der Waals surface area (Å²) in [4.78, 5) is 47.7. The molecule has 3 heterocycles. The van der Waals surface area contributed by atoms with Crippen LogP contribution in [0.5, 0.6) is 0 Å². The fourth-order valence-corrected chi connectivity index (χ4v) is 5.46. The second-order valence-corrected chi connectivity index (χ2v) is 11.2. The molecule has 0 aliphatic carbocycles. The molecule has 1 aliphatic heterocycles. The molecule has 5 aromatic rings. The van der Waals surface area contributed by atoms with Crippen molar-refractivity contribution in [3.63, 3.8) is 0 Å². The standard InChI is InChI=1S/C35H30FN5O6/c36-28-20-26(13-14-27(28)24-6-2-1-3-7-24)32-39-31(40-47-32)25-11-9-23(10-12-25)21-41-18-15-35(16-19-41,33(43)44)34(45)46-22-30(42)38-29-8-4-5-17-37-29/h1-14,17,20H,15-16,18-19,21-22H2,(H,43,44)(H,37,38,42). The largest absolute Gasteiger partial charge is 0.480 e. The van der Waals surface area contributed by atoms with E-state index in [0.717, 1.165) is 11.1 Å². The first-order valence-corrected chi connectivity index (χ1v) is 14.9. The van der Waals surface area contributed by atoms with E-state index in [1.54, 1.807) is 30.3 Å². The van der Waals surface area contributed by atoms with E-state index in [2.05, 4.69) is 25.3 Å². The minimum Gasteiger partial charge on any atom is -0.480 e. The van der Waals surface area contributed by atoms with Gasteiger partial charge in [-0.05, 0) is 48.2 Å². The summed E-state index contributed by atoms with van der Waals surface area (Å²) in [7, 11) is 0. The smallest absolute Gasteiger partial charge is 0.324 e. The van der Waals surface area contributed by atoms with Gasteiger partial charge >= 0.3 is 11.9 Å². The van der Waals surface area contributed by atoms with Crippen LogP contribution in [0.3, 0.4) is 0 Å². The quantitative estimate of drug-likeness (QED) is 0.150. The van der Waals surface area contributed by atoms with Crippen molar-refractivity contribution in [2.75, 3.05) is 25.0 Å². The average molecular weight is 636 g/mol. The SMILES string of the molecule is O=C(COC(=O)C1(C(=O)O)CCN(Cc2ccc(-c3noc(-c4ccc(-c5ccccc5)c(F)c4)n3)cc2)CC1)Nc1ccccn1. The first kappa shape index (κ1) is 31.2. The fourth-order valence-electron chi connectivity index (χ4n) is 5.46. The van der Waals surface area contributed by atoms with Crippen molar-refractivity contribution in [3.05, 3.63) is 109 Å². The van der Waals surface area contributed by atoms with Gasteiger partial charge in [0.15, 0.2) is 12.0 Å². The summed E-state index contributed by atoms with van der Waals surface area (Å²) < 4.78 is 25.4. The molecule has 0 unspecified atom stereocenters. The Kier molecular flexibility index (Phi) is 9.11. The number of likely N-dealkylation sites (tertiary alicyclic amines) is 1. The number of halogens is 1. The van der Waals surface area contributed by atoms with Gasteiger partial charge in [-0.15, -0.1) is 0 Å². The Bertz CT molecular complexity index is 1870. The van der Waals surface area contributed by atoms with Crippen molar-refractivity contribution in [2.45, 2.75) is 19.4 Å². The van der Waals surface area contributed by atoms with Crippen LogP contribution in [0.2, 0.25) is 0 Å². The van der Waals surface area contributed by atoms with Gasteiger partial charge < -0.3 is 19.7 Å². The molecule has 0 radical (unpaired) electrons. The van der Waals surface area contributed by atoms with E-state index < -0.39 is 35.7 Å². The fraction of sp³-hybridized carbons (Fsp3) is 0.200. The third-order valence-corrected chi connectivity index (χ3v) is 8.12. The van der Waals surface area contributed by atoms with Gasteiger partial charge in [-0.1, -0.05) is 71.9 Å². The highest BCUT2D eigenvalue weighted by molar-refractivity contribution is 6.00. The van der Waals surface area contributed by atoms with Crippen molar-refractivity contribution in [1.82, 2.24) is 20.0 Å².